The summed E-state index contributed by atoms with van der Waals surface area (Å²) in [5.41, 5.74) is 1.43. The molecule has 0 heterocycles. The highest BCUT2D eigenvalue weighted by Gasteiger charge is 2.19. The highest BCUT2D eigenvalue weighted by molar-refractivity contribution is 7.89. The van der Waals surface area contributed by atoms with Gasteiger partial charge in [0.2, 0.25) is 15.9 Å². The Hall–Kier alpha value is -2.91. The van der Waals surface area contributed by atoms with Gasteiger partial charge in [0.15, 0.2) is 0 Å². The number of aryl methyl sites for hydroxylation is 1. The maximum absolute atomic E-state index is 12.4. The van der Waals surface area contributed by atoms with Crippen LogP contribution in [0.5, 0.6) is 5.75 Å². The number of ether oxygens (including phenoxy) is 2. The molecule has 0 saturated carbocycles. The summed E-state index contributed by atoms with van der Waals surface area (Å²) >= 11 is 0. The highest BCUT2D eigenvalue weighted by atomic mass is 32.2. The molecule has 2 aromatic carbocycles. The largest absolute Gasteiger partial charge is 0.496 e. The first-order valence-corrected chi connectivity index (χ1v) is 10.8. The molecule has 30 heavy (non-hydrogen) atoms. The molecule has 0 unspecified atom stereocenters. The van der Waals surface area contributed by atoms with Crippen molar-refractivity contribution in [1.29, 1.82) is 0 Å². The van der Waals surface area contributed by atoms with E-state index in [1.807, 2.05) is 0 Å². The Balaban J connectivity index is 2.11. The number of hydrogen-bond donors (Lipinski definition) is 1. The molecule has 2 rings (SSSR count). The van der Waals surface area contributed by atoms with Gasteiger partial charge in [-0.15, -0.1) is 0 Å². The fraction of sp³-hybridized carbons (Fsp3) is 0.333. The number of hydrogen-bond acceptors (Lipinski definition) is 6. The second-order valence-electron chi connectivity index (χ2n) is 6.61. The van der Waals surface area contributed by atoms with Crippen LogP contribution in [0.15, 0.2) is 47.4 Å². The summed E-state index contributed by atoms with van der Waals surface area (Å²) < 4.78 is 36.1. The average molecular weight is 435 g/mol. The van der Waals surface area contributed by atoms with Crippen LogP contribution in [0.25, 0.3) is 0 Å². The summed E-state index contributed by atoms with van der Waals surface area (Å²) in [5.74, 6) is -0.235. The number of carbonyl (C=O) groups excluding carboxylic acids is 2. The van der Waals surface area contributed by atoms with Crippen molar-refractivity contribution < 1.29 is 27.5 Å². The number of methoxy groups -OCH3 is 1. The molecule has 0 aromatic heterocycles. The van der Waals surface area contributed by atoms with Crippen LogP contribution in [0.1, 0.15) is 29.3 Å². The fourth-order valence-corrected chi connectivity index (χ4v) is 3.68. The Morgan fingerprint density at radius 1 is 1.10 bits per heavy atom. The van der Waals surface area contributed by atoms with Gasteiger partial charge >= 0.3 is 5.97 Å². The normalized spacial score (nSPS) is 11.2. The predicted molar refractivity (Wildman–Crippen MR) is 113 cm³/mol. The molecule has 0 radical (unpaired) electrons. The van der Waals surface area contributed by atoms with Crippen molar-refractivity contribution in [3.05, 3.63) is 53.6 Å². The number of amides is 1. The lowest BCUT2D eigenvalue weighted by Crippen LogP contribution is -2.22. The van der Waals surface area contributed by atoms with Gasteiger partial charge in [0.25, 0.3) is 0 Å². The minimum absolute atomic E-state index is 0.103. The first-order chi connectivity index (χ1) is 14.2. The van der Waals surface area contributed by atoms with Crippen molar-refractivity contribution in [1.82, 2.24) is 4.31 Å². The van der Waals surface area contributed by atoms with E-state index in [1.165, 1.54) is 33.3 Å². The number of benzene rings is 2. The third-order valence-corrected chi connectivity index (χ3v) is 6.12. The number of anilines is 1. The second-order valence-corrected chi connectivity index (χ2v) is 8.76. The standard InChI is InChI=1S/C21H26N2O6S/c1-5-29-21(25)16-7-6-8-17(13-16)22-20(24)12-9-15-14-18(10-11-19(15)28-4)30(26,27)23(2)3/h6-8,10-11,13-14H,5,9,12H2,1-4H3,(H,22,24). The molecule has 1 N–H and O–H groups in total. The van der Waals surface area contributed by atoms with Crippen LogP contribution < -0.4 is 10.1 Å². The Kier molecular flexibility index (Phi) is 7.96. The first kappa shape index (κ1) is 23.4. The van der Waals surface area contributed by atoms with Gasteiger partial charge < -0.3 is 14.8 Å². The number of nitrogens with zero attached hydrogens (tertiary/aromatic N) is 1. The second kappa shape index (κ2) is 10.2. The van der Waals surface area contributed by atoms with Gasteiger partial charge in [-0.25, -0.2) is 17.5 Å². The molecule has 0 aliphatic rings. The smallest absolute Gasteiger partial charge is 0.338 e. The average Bonchev–Trinajstić information content (AvgIpc) is 2.72. The van der Waals surface area contributed by atoms with Crippen LogP contribution in [-0.2, 0) is 26.0 Å². The van der Waals surface area contributed by atoms with Crippen molar-refractivity contribution in [2.24, 2.45) is 0 Å². The first-order valence-electron chi connectivity index (χ1n) is 9.35. The maximum Gasteiger partial charge on any atom is 0.338 e. The Bertz CT molecular complexity index is 1020. The molecule has 9 heteroatoms. The zero-order chi connectivity index (χ0) is 22.3. The van der Waals surface area contributed by atoms with Gasteiger partial charge in [-0.1, -0.05) is 6.07 Å². The van der Waals surface area contributed by atoms with Crippen molar-refractivity contribution >= 4 is 27.6 Å². The molecule has 0 bridgehead atoms. The quantitative estimate of drug-likeness (QED) is 0.609. The molecule has 0 atom stereocenters. The minimum Gasteiger partial charge on any atom is -0.496 e. The van der Waals surface area contributed by atoms with Gasteiger partial charge in [0, 0.05) is 26.2 Å². The molecule has 0 aliphatic heterocycles. The van der Waals surface area contributed by atoms with Crippen LogP contribution in [0.2, 0.25) is 0 Å². The topological polar surface area (TPSA) is 102 Å². The third kappa shape index (κ3) is 5.80. The Morgan fingerprint density at radius 2 is 1.83 bits per heavy atom. The summed E-state index contributed by atoms with van der Waals surface area (Å²) in [7, 11) is 0.801. The molecule has 0 fully saturated rings. The SMILES string of the molecule is CCOC(=O)c1cccc(NC(=O)CCc2cc(S(=O)(=O)N(C)C)ccc2OC)c1. The van der Waals surface area contributed by atoms with Gasteiger partial charge in [0.05, 0.1) is 24.2 Å². The number of nitrogens with one attached hydrogen (secondary N) is 1. The number of sulfonamides is 1. The van der Waals surface area contributed by atoms with Crippen LogP contribution in [-0.4, -0.2) is 52.4 Å². The van der Waals surface area contributed by atoms with Crippen LogP contribution in [0, 0.1) is 0 Å². The molecule has 0 aliphatic carbocycles. The highest BCUT2D eigenvalue weighted by Crippen LogP contribution is 2.25. The number of esters is 1. The van der Waals surface area contributed by atoms with Crippen LogP contribution in [0.3, 0.4) is 0 Å². The summed E-state index contributed by atoms with van der Waals surface area (Å²) in [6, 6.07) is 11.0. The van der Waals surface area contributed by atoms with Crippen molar-refractivity contribution in [3.63, 3.8) is 0 Å². The molecular formula is C21H26N2O6S. The van der Waals surface area contributed by atoms with E-state index < -0.39 is 16.0 Å². The number of carbonyl (C=O) groups is 2. The van der Waals surface area contributed by atoms with E-state index in [-0.39, 0.29) is 30.3 Å². The van der Waals surface area contributed by atoms with E-state index in [2.05, 4.69) is 5.32 Å². The van der Waals surface area contributed by atoms with E-state index in [0.717, 1.165) is 4.31 Å². The zero-order valence-electron chi connectivity index (χ0n) is 17.5. The van der Waals surface area contributed by atoms with Gasteiger partial charge in [-0.2, -0.15) is 0 Å². The minimum atomic E-state index is -3.60. The molecule has 2 aromatic rings. The predicted octanol–water partition coefficient (Wildman–Crippen LogP) is 2.69. The van der Waals surface area contributed by atoms with Crippen LogP contribution >= 0.6 is 0 Å². The molecule has 162 valence electrons. The lowest BCUT2D eigenvalue weighted by atomic mass is 10.1. The van der Waals surface area contributed by atoms with Gasteiger partial charge in [-0.3, -0.25) is 4.79 Å². The van der Waals surface area contributed by atoms with E-state index in [9.17, 15) is 18.0 Å². The third-order valence-electron chi connectivity index (χ3n) is 4.31. The summed E-state index contributed by atoms with van der Waals surface area (Å²) in [5, 5.41) is 2.74. The fourth-order valence-electron chi connectivity index (χ4n) is 2.73. The zero-order valence-corrected chi connectivity index (χ0v) is 18.3. The Labute approximate surface area is 176 Å². The lowest BCUT2D eigenvalue weighted by molar-refractivity contribution is -0.116. The van der Waals surface area contributed by atoms with Crippen molar-refractivity contribution in [2.75, 3.05) is 33.1 Å². The molecule has 1 amide bonds. The number of rotatable bonds is 9. The van der Waals surface area contributed by atoms with Crippen molar-refractivity contribution in [2.45, 2.75) is 24.7 Å². The molecule has 8 nitrogen and oxygen atoms in total. The van der Waals surface area contributed by atoms with Crippen molar-refractivity contribution in [3.8, 4) is 5.75 Å². The summed E-state index contributed by atoms with van der Waals surface area (Å²) in [6.07, 6.45) is 0.384. The summed E-state index contributed by atoms with van der Waals surface area (Å²) in [4.78, 5) is 24.3. The van der Waals surface area contributed by atoms with E-state index >= 15 is 0 Å². The maximum atomic E-state index is 12.4. The van der Waals surface area contributed by atoms with E-state index in [4.69, 9.17) is 9.47 Å². The Morgan fingerprint density at radius 3 is 2.47 bits per heavy atom. The van der Waals surface area contributed by atoms with Crippen LogP contribution in [0.4, 0.5) is 5.69 Å². The van der Waals surface area contributed by atoms with Gasteiger partial charge in [0.1, 0.15) is 5.75 Å². The van der Waals surface area contributed by atoms with E-state index in [0.29, 0.717) is 22.6 Å². The monoisotopic (exact) mass is 434 g/mol. The summed E-state index contributed by atoms with van der Waals surface area (Å²) in [6.45, 7) is 1.98. The molecular weight excluding hydrogens is 408 g/mol. The molecule has 0 spiro atoms. The molecule has 0 saturated heterocycles. The van der Waals surface area contributed by atoms with Gasteiger partial charge in [-0.05, 0) is 55.3 Å². The van der Waals surface area contributed by atoms with E-state index in [1.54, 1.807) is 37.3 Å². The lowest BCUT2D eigenvalue weighted by Gasteiger charge is -2.14.